The van der Waals surface area contributed by atoms with Crippen LogP contribution in [0.1, 0.15) is 0 Å². The molecule has 0 aromatic carbocycles. The van der Waals surface area contributed by atoms with Crippen LogP contribution in [0, 0.1) is 0 Å². The largest absolute Gasteiger partial charge is 0.384 e. The summed E-state index contributed by atoms with van der Waals surface area (Å²) in [7, 11) is 0. The van der Waals surface area contributed by atoms with Gasteiger partial charge in [-0.3, -0.25) is 4.79 Å². The predicted octanol–water partition coefficient (Wildman–Crippen LogP) is 1.17. The molecule has 1 unspecified atom stereocenters. The average Bonchev–Trinajstić information content (AvgIpc) is 2.05. The minimum atomic E-state index is -0.866. The number of aliphatic hydroxyl groups is 1. The van der Waals surface area contributed by atoms with Crippen LogP contribution in [0.3, 0.4) is 0 Å². The number of aliphatic hydroxyl groups excluding tert-OH is 1. The van der Waals surface area contributed by atoms with Crippen LogP contribution < -0.4 is 0 Å². The van der Waals surface area contributed by atoms with E-state index in [1.54, 1.807) is 18.2 Å². The number of rotatable bonds is 1. The van der Waals surface area contributed by atoms with Crippen molar-refractivity contribution < 1.29 is 9.90 Å². The molecule has 1 rings (SSSR count). The fraction of sp³-hybridized carbons (Fsp3) is 0.125. The summed E-state index contributed by atoms with van der Waals surface area (Å²) in [5, 5.41) is 9.33. The average molecular weight is 171 g/mol. The summed E-state index contributed by atoms with van der Waals surface area (Å²) in [6.07, 6.45) is 4.64. The van der Waals surface area contributed by atoms with Gasteiger partial charge in [-0.25, -0.2) is 0 Å². The summed E-state index contributed by atoms with van der Waals surface area (Å²) >= 11 is 5.38. The first kappa shape index (κ1) is 8.24. The molecule has 0 aromatic rings. The van der Waals surface area contributed by atoms with E-state index in [1.807, 2.05) is 0 Å². The third-order valence-corrected chi connectivity index (χ3v) is 1.72. The standard InChI is InChI=1S/C8H7ClO2/c9-4-6-2-1-3-7(5-10)8(6)11/h1-5,8,11H. The molecule has 0 bridgehead atoms. The zero-order valence-electron chi connectivity index (χ0n) is 5.70. The molecule has 0 radical (unpaired) electrons. The molecule has 1 atom stereocenters. The van der Waals surface area contributed by atoms with Gasteiger partial charge >= 0.3 is 0 Å². The van der Waals surface area contributed by atoms with Crippen molar-refractivity contribution in [2.24, 2.45) is 0 Å². The smallest absolute Gasteiger partial charge is 0.148 e. The van der Waals surface area contributed by atoms with Gasteiger partial charge in [-0.15, -0.1) is 0 Å². The second kappa shape index (κ2) is 3.51. The van der Waals surface area contributed by atoms with Crippen molar-refractivity contribution in [1.82, 2.24) is 0 Å². The monoisotopic (exact) mass is 170 g/mol. The molecular weight excluding hydrogens is 164 g/mol. The Balaban J connectivity index is 2.94. The Morgan fingerprint density at radius 1 is 1.64 bits per heavy atom. The lowest BCUT2D eigenvalue weighted by Gasteiger charge is -2.13. The molecular formula is C8H7ClO2. The van der Waals surface area contributed by atoms with Crippen molar-refractivity contribution in [1.29, 1.82) is 0 Å². The Morgan fingerprint density at radius 2 is 2.36 bits per heavy atom. The van der Waals surface area contributed by atoms with Crippen molar-refractivity contribution in [2.45, 2.75) is 6.10 Å². The van der Waals surface area contributed by atoms with Gasteiger partial charge in [0.05, 0.1) is 0 Å². The Kier molecular flexibility index (Phi) is 2.63. The van der Waals surface area contributed by atoms with Crippen LogP contribution >= 0.6 is 11.6 Å². The number of hydrogen-bond donors (Lipinski definition) is 1. The zero-order chi connectivity index (χ0) is 8.27. The minimum absolute atomic E-state index is 0.333. The quantitative estimate of drug-likeness (QED) is 0.600. The molecule has 0 saturated heterocycles. The Labute approximate surface area is 69.5 Å². The molecule has 0 aromatic heterocycles. The molecule has 1 aliphatic rings. The summed E-state index contributed by atoms with van der Waals surface area (Å²) in [6.45, 7) is 0. The van der Waals surface area contributed by atoms with E-state index in [2.05, 4.69) is 0 Å². The summed E-state index contributed by atoms with van der Waals surface area (Å²) < 4.78 is 0. The first-order chi connectivity index (χ1) is 5.29. The van der Waals surface area contributed by atoms with Crippen LogP contribution in [0.5, 0.6) is 0 Å². The van der Waals surface area contributed by atoms with E-state index in [0.717, 1.165) is 0 Å². The Hall–Kier alpha value is -0.860. The van der Waals surface area contributed by atoms with Gasteiger partial charge in [0.1, 0.15) is 12.4 Å². The predicted molar refractivity (Wildman–Crippen MR) is 43.2 cm³/mol. The van der Waals surface area contributed by atoms with Crippen LogP contribution in [0.15, 0.2) is 34.9 Å². The van der Waals surface area contributed by atoms with Crippen molar-refractivity contribution in [3.8, 4) is 0 Å². The number of aldehydes is 1. The highest BCUT2D eigenvalue weighted by Crippen LogP contribution is 2.17. The van der Waals surface area contributed by atoms with Crippen LogP contribution in [-0.2, 0) is 4.79 Å². The van der Waals surface area contributed by atoms with E-state index < -0.39 is 6.10 Å². The van der Waals surface area contributed by atoms with Crippen molar-refractivity contribution in [3.05, 3.63) is 34.9 Å². The molecule has 3 heteroatoms. The maximum Gasteiger partial charge on any atom is 0.148 e. The van der Waals surface area contributed by atoms with Crippen LogP contribution in [0.25, 0.3) is 0 Å². The van der Waals surface area contributed by atoms with E-state index in [-0.39, 0.29) is 0 Å². The van der Waals surface area contributed by atoms with Crippen LogP contribution in [-0.4, -0.2) is 17.5 Å². The first-order valence-electron chi connectivity index (χ1n) is 3.11. The highest BCUT2D eigenvalue weighted by molar-refractivity contribution is 6.26. The summed E-state index contributed by atoms with van der Waals surface area (Å²) in [5.41, 5.74) is 2.13. The third-order valence-electron chi connectivity index (χ3n) is 1.47. The topological polar surface area (TPSA) is 37.3 Å². The van der Waals surface area contributed by atoms with Gasteiger partial charge in [0, 0.05) is 11.1 Å². The molecule has 1 aliphatic carbocycles. The lowest BCUT2D eigenvalue weighted by atomic mass is 9.99. The van der Waals surface area contributed by atoms with Crippen molar-refractivity contribution in [2.75, 3.05) is 0 Å². The molecule has 0 heterocycles. The Morgan fingerprint density at radius 3 is 2.91 bits per heavy atom. The molecule has 0 spiro atoms. The molecule has 11 heavy (non-hydrogen) atoms. The molecule has 0 amide bonds. The van der Waals surface area contributed by atoms with Crippen LogP contribution in [0.4, 0.5) is 0 Å². The summed E-state index contributed by atoms with van der Waals surface area (Å²) in [5.74, 6) is 0. The fourth-order valence-electron chi connectivity index (χ4n) is 0.845. The van der Waals surface area contributed by atoms with Crippen LogP contribution in [0.2, 0.25) is 0 Å². The van der Waals surface area contributed by atoms with Gasteiger partial charge in [0.2, 0.25) is 0 Å². The second-order valence-corrected chi connectivity index (χ2v) is 2.37. The summed E-state index contributed by atoms with van der Waals surface area (Å²) in [6, 6.07) is 0. The van der Waals surface area contributed by atoms with E-state index in [0.29, 0.717) is 17.4 Å². The number of hydrogen-bond acceptors (Lipinski definition) is 2. The van der Waals surface area contributed by atoms with Gasteiger partial charge in [-0.1, -0.05) is 29.8 Å². The Bertz CT molecular complexity index is 251. The van der Waals surface area contributed by atoms with Gasteiger partial charge in [0.15, 0.2) is 0 Å². The highest BCUT2D eigenvalue weighted by Gasteiger charge is 2.15. The van der Waals surface area contributed by atoms with Gasteiger partial charge in [-0.2, -0.15) is 0 Å². The SMILES string of the molecule is O=CC1=CC=CC(=CCl)C1O. The maximum atomic E-state index is 10.3. The first-order valence-corrected chi connectivity index (χ1v) is 3.55. The molecule has 0 fully saturated rings. The normalized spacial score (nSPS) is 26.9. The lowest BCUT2D eigenvalue weighted by Crippen LogP contribution is -2.15. The van der Waals surface area contributed by atoms with Gasteiger partial charge in [-0.05, 0) is 5.57 Å². The van der Waals surface area contributed by atoms with E-state index in [1.165, 1.54) is 5.54 Å². The number of carbonyl (C=O) groups excluding carboxylic acids is 1. The fourth-order valence-corrected chi connectivity index (χ4v) is 1.04. The van der Waals surface area contributed by atoms with E-state index in [4.69, 9.17) is 11.6 Å². The summed E-state index contributed by atoms with van der Waals surface area (Å²) in [4.78, 5) is 10.3. The minimum Gasteiger partial charge on any atom is -0.384 e. The van der Waals surface area contributed by atoms with E-state index in [9.17, 15) is 9.90 Å². The molecule has 0 aliphatic heterocycles. The van der Waals surface area contributed by atoms with Crippen molar-refractivity contribution >= 4 is 17.9 Å². The number of carbonyl (C=O) groups is 1. The zero-order valence-corrected chi connectivity index (χ0v) is 6.45. The molecule has 58 valence electrons. The van der Waals surface area contributed by atoms with E-state index >= 15 is 0 Å². The lowest BCUT2D eigenvalue weighted by molar-refractivity contribution is -0.105. The molecule has 0 saturated carbocycles. The number of allylic oxidation sites excluding steroid dienone is 2. The highest BCUT2D eigenvalue weighted by atomic mass is 35.5. The third kappa shape index (κ3) is 1.59. The molecule has 1 N–H and O–H groups in total. The van der Waals surface area contributed by atoms with Crippen molar-refractivity contribution in [3.63, 3.8) is 0 Å². The van der Waals surface area contributed by atoms with Gasteiger partial charge < -0.3 is 5.11 Å². The number of halogens is 1. The second-order valence-electron chi connectivity index (χ2n) is 2.16. The maximum absolute atomic E-state index is 10.3. The molecule has 2 nitrogen and oxygen atoms in total. The van der Waals surface area contributed by atoms with Gasteiger partial charge in [0.25, 0.3) is 0 Å².